The third-order valence-electron chi connectivity index (χ3n) is 5.05. The standard InChI is InChI=1S/C19H23N5/c1-23-19-11-16(8-9-18(19)21-22-23)15-6-4-14(5-7-15)13-24-10-2-3-17(24)12-20/h4-9,11,17H,2-3,10,12-13,20H2,1H3. The van der Waals surface area contributed by atoms with Gasteiger partial charge in [-0.1, -0.05) is 35.5 Å². The van der Waals surface area contributed by atoms with Crippen LogP contribution in [0.5, 0.6) is 0 Å². The van der Waals surface area contributed by atoms with Crippen LogP contribution in [-0.4, -0.2) is 39.0 Å². The number of likely N-dealkylation sites (tertiary alicyclic amines) is 1. The number of nitrogens with zero attached hydrogens (tertiary/aromatic N) is 4. The van der Waals surface area contributed by atoms with Crippen molar-refractivity contribution in [3.05, 3.63) is 48.0 Å². The van der Waals surface area contributed by atoms with E-state index < -0.39 is 0 Å². The van der Waals surface area contributed by atoms with Gasteiger partial charge in [0.2, 0.25) is 0 Å². The Bertz CT molecular complexity index is 837. The molecule has 0 spiro atoms. The molecular weight excluding hydrogens is 298 g/mol. The number of aryl methyl sites for hydroxylation is 1. The summed E-state index contributed by atoms with van der Waals surface area (Å²) in [4.78, 5) is 2.50. The smallest absolute Gasteiger partial charge is 0.113 e. The van der Waals surface area contributed by atoms with Crippen molar-refractivity contribution >= 4 is 11.0 Å². The number of nitrogens with two attached hydrogens (primary N) is 1. The maximum Gasteiger partial charge on any atom is 0.113 e. The van der Waals surface area contributed by atoms with Gasteiger partial charge in [-0.25, -0.2) is 4.68 Å². The third-order valence-corrected chi connectivity index (χ3v) is 5.05. The molecule has 1 fully saturated rings. The summed E-state index contributed by atoms with van der Waals surface area (Å²) in [5, 5.41) is 8.20. The zero-order valence-corrected chi connectivity index (χ0v) is 14.0. The third kappa shape index (κ3) is 2.81. The lowest BCUT2D eigenvalue weighted by molar-refractivity contribution is 0.250. The molecule has 1 atom stereocenters. The molecule has 1 aliphatic rings. The quantitative estimate of drug-likeness (QED) is 0.802. The van der Waals surface area contributed by atoms with Crippen molar-refractivity contribution in [3.8, 4) is 11.1 Å². The van der Waals surface area contributed by atoms with E-state index in [0.717, 1.165) is 30.7 Å². The lowest BCUT2D eigenvalue weighted by atomic mass is 10.0. The highest BCUT2D eigenvalue weighted by atomic mass is 15.4. The summed E-state index contributed by atoms with van der Waals surface area (Å²) in [5.74, 6) is 0. The van der Waals surface area contributed by atoms with Gasteiger partial charge in [0.15, 0.2) is 0 Å². The Morgan fingerprint density at radius 2 is 1.92 bits per heavy atom. The van der Waals surface area contributed by atoms with Crippen LogP contribution < -0.4 is 5.73 Å². The number of aromatic nitrogens is 3. The molecule has 3 aromatic rings. The van der Waals surface area contributed by atoms with E-state index in [9.17, 15) is 0 Å². The van der Waals surface area contributed by atoms with Crippen LogP contribution in [0.4, 0.5) is 0 Å². The highest BCUT2D eigenvalue weighted by Crippen LogP contribution is 2.25. The molecule has 24 heavy (non-hydrogen) atoms. The van der Waals surface area contributed by atoms with Gasteiger partial charge in [0, 0.05) is 26.2 Å². The first-order valence-corrected chi connectivity index (χ1v) is 8.57. The van der Waals surface area contributed by atoms with Crippen LogP contribution in [0.3, 0.4) is 0 Å². The molecular formula is C19H23N5. The lowest BCUT2D eigenvalue weighted by Gasteiger charge is -2.23. The first kappa shape index (κ1) is 15.3. The predicted octanol–water partition coefficient (Wildman–Crippen LogP) is 2.56. The van der Waals surface area contributed by atoms with E-state index in [1.54, 1.807) is 0 Å². The van der Waals surface area contributed by atoms with E-state index in [2.05, 4.69) is 51.6 Å². The second-order valence-corrected chi connectivity index (χ2v) is 6.62. The molecule has 124 valence electrons. The summed E-state index contributed by atoms with van der Waals surface area (Å²) < 4.78 is 1.81. The first-order valence-electron chi connectivity index (χ1n) is 8.57. The largest absolute Gasteiger partial charge is 0.329 e. The predicted molar refractivity (Wildman–Crippen MR) is 96.4 cm³/mol. The Morgan fingerprint density at radius 1 is 1.12 bits per heavy atom. The molecule has 0 saturated carbocycles. The summed E-state index contributed by atoms with van der Waals surface area (Å²) in [7, 11) is 1.92. The van der Waals surface area contributed by atoms with Crippen molar-refractivity contribution in [2.45, 2.75) is 25.4 Å². The summed E-state index contributed by atoms with van der Waals surface area (Å²) in [5.41, 5.74) is 11.6. The van der Waals surface area contributed by atoms with Crippen molar-refractivity contribution in [3.63, 3.8) is 0 Å². The topological polar surface area (TPSA) is 60.0 Å². The van der Waals surface area contributed by atoms with Gasteiger partial charge in [-0.05, 0) is 48.2 Å². The number of hydrogen-bond acceptors (Lipinski definition) is 4. The van der Waals surface area contributed by atoms with E-state index >= 15 is 0 Å². The fraction of sp³-hybridized carbons (Fsp3) is 0.368. The molecule has 1 unspecified atom stereocenters. The van der Waals surface area contributed by atoms with Crippen LogP contribution in [-0.2, 0) is 13.6 Å². The fourth-order valence-corrected chi connectivity index (χ4v) is 3.62. The first-order chi connectivity index (χ1) is 11.7. The van der Waals surface area contributed by atoms with Crippen molar-refractivity contribution in [1.82, 2.24) is 19.9 Å². The van der Waals surface area contributed by atoms with E-state index in [1.807, 2.05) is 17.8 Å². The second kappa shape index (κ2) is 6.34. The van der Waals surface area contributed by atoms with Crippen LogP contribution in [0.2, 0.25) is 0 Å². The lowest BCUT2D eigenvalue weighted by Crippen LogP contribution is -2.34. The van der Waals surface area contributed by atoms with Crippen LogP contribution in [0.25, 0.3) is 22.2 Å². The van der Waals surface area contributed by atoms with Gasteiger partial charge in [0.1, 0.15) is 5.52 Å². The van der Waals surface area contributed by atoms with Crippen LogP contribution in [0.15, 0.2) is 42.5 Å². The molecule has 5 heteroatoms. The maximum atomic E-state index is 5.87. The Labute approximate surface area is 142 Å². The van der Waals surface area contributed by atoms with Gasteiger partial charge < -0.3 is 5.73 Å². The number of hydrogen-bond donors (Lipinski definition) is 1. The van der Waals surface area contributed by atoms with Crippen LogP contribution in [0, 0.1) is 0 Å². The average Bonchev–Trinajstić information content (AvgIpc) is 3.22. The van der Waals surface area contributed by atoms with Gasteiger partial charge in [-0.3, -0.25) is 4.90 Å². The normalized spacial score (nSPS) is 18.5. The second-order valence-electron chi connectivity index (χ2n) is 6.62. The van der Waals surface area contributed by atoms with Crippen molar-refractivity contribution in [2.24, 2.45) is 12.8 Å². The zero-order valence-electron chi connectivity index (χ0n) is 14.0. The maximum absolute atomic E-state index is 5.87. The molecule has 1 aromatic heterocycles. The highest BCUT2D eigenvalue weighted by molar-refractivity contribution is 5.81. The minimum Gasteiger partial charge on any atom is -0.329 e. The van der Waals surface area contributed by atoms with E-state index in [1.165, 1.54) is 29.5 Å². The average molecular weight is 321 g/mol. The SMILES string of the molecule is Cn1nnc2ccc(-c3ccc(CN4CCCC4CN)cc3)cc21. The Kier molecular flexibility index (Phi) is 4.04. The molecule has 4 rings (SSSR count). The molecule has 0 aliphatic carbocycles. The summed E-state index contributed by atoms with van der Waals surface area (Å²) in [6, 6.07) is 15.7. The van der Waals surface area contributed by atoms with Gasteiger partial charge in [0.05, 0.1) is 5.52 Å². The minimum atomic E-state index is 0.546. The molecule has 0 radical (unpaired) electrons. The van der Waals surface area contributed by atoms with Crippen molar-refractivity contribution in [1.29, 1.82) is 0 Å². The van der Waals surface area contributed by atoms with Gasteiger partial charge in [-0.15, -0.1) is 5.10 Å². The van der Waals surface area contributed by atoms with Gasteiger partial charge in [0.25, 0.3) is 0 Å². The van der Waals surface area contributed by atoms with Gasteiger partial charge in [-0.2, -0.15) is 0 Å². The van der Waals surface area contributed by atoms with Crippen molar-refractivity contribution in [2.75, 3.05) is 13.1 Å². The van der Waals surface area contributed by atoms with Crippen LogP contribution in [0.1, 0.15) is 18.4 Å². The molecule has 0 bridgehead atoms. The van der Waals surface area contributed by atoms with E-state index in [4.69, 9.17) is 5.73 Å². The number of benzene rings is 2. The van der Waals surface area contributed by atoms with Crippen molar-refractivity contribution < 1.29 is 0 Å². The Morgan fingerprint density at radius 3 is 2.71 bits per heavy atom. The molecule has 2 N–H and O–H groups in total. The summed E-state index contributed by atoms with van der Waals surface area (Å²) >= 11 is 0. The summed E-state index contributed by atoms with van der Waals surface area (Å²) in [6.07, 6.45) is 2.49. The molecule has 2 aromatic carbocycles. The van der Waals surface area contributed by atoms with Crippen LogP contribution >= 0.6 is 0 Å². The fourth-order valence-electron chi connectivity index (χ4n) is 3.62. The molecule has 1 aliphatic heterocycles. The number of rotatable bonds is 4. The minimum absolute atomic E-state index is 0.546. The molecule has 2 heterocycles. The Hall–Kier alpha value is -2.24. The summed E-state index contributed by atoms with van der Waals surface area (Å²) in [6.45, 7) is 2.91. The molecule has 1 saturated heterocycles. The number of fused-ring (bicyclic) bond motifs is 1. The zero-order chi connectivity index (χ0) is 16.5. The molecule has 0 amide bonds. The Balaban J connectivity index is 1.55. The van der Waals surface area contributed by atoms with E-state index in [0.29, 0.717) is 6.04 Å². The van der Waals surface area contributed by atoms with E-state index in [-0.39, 0.29) is 0 Å². The monoisotopic (exact) mass is 321 g/mol. The highest BCUT2D eigenvalue weighted by Gasteiger charge is 2.22. The van der Waals surface area contributed by atoms with Gasteiger partial charge >= 0.3 is 0 Å². The molecule has 5 nitrogen and oxygen atoms in total.